The molecule has 0 unspecified atom stereocenters. The highest BCUT2D eigenvalue weighted by molar-refractivity contribution is 7.17. The maximum atomic E-state index is 11.3. The minimum absolute atomic E-state index is 0.307. The van der Waals surface area contributed by atoms with Crippen molar-refractivity contribution in [3.8, 4) is 0 Å². The minimum atomic E-state index is 0.307. The lowest BCUT2D eigenvalue weighted by Crippen LogP contribution is -2.05. The molecule has 0 radical (unpaired) electrons. The number of carbonyl (C=O) groups excluding carboxylic acids is 1. The molecule has 3 nitrogen and oxygen atoms in total. The lowest BCUT2D eigenvalue weighted by atomic mass is 10.0. The van der Waals surface area contributed by atoms with E-state index < -0.39 is 0 Å². The standard InChI is InChI=1S/C13H16N2OS/c1-8(2)12-10(7-16)15-9-5-3-4-6-11(9)17-13(15)14-12/h7-8H,3-6H2,1-2H3. The first-order chi connectivity index (χ1) is 8.22. The quantitative estimate of drug-likeness (QED) is 0.765. The van der Waals surface area contributed by atoms with Gasteiger partial charge in [0.2, 0.25) is 0 Å². The molecule has 0 aliphatic heterocycles. The maximum absolute atomic E-state index is 11.3. The molecule has 2 aromatic rings. The van der Waals surface area contributed by atoms with E-state index in [1.54, 1.807) is 11.3 Å². The molecule has 1 aliphatic rings. The van der Waals surface area contributed by atoms with Gasteiger partial charge in [0.05, 0.1) is 5.69 Å². The Kier molecular flexibility index (Phi) is 2.54. The third kappa shape index (κ3) is 1.54. The van der Waals surface area contributed by atoms with Crippen molar-refractivity contribution in [1.29, 1.82) is 0 Å². The number of imidazole rings is 1. The van der Waals surface area contributed by atoms with E-state index in [1.807, 2.05) is 0 Å². The highest BCUT2D eigenvalue weighted by Gasteiger charge is 2.22. The first-order valence-corrected chi connectivity index (χ1v) is 7.02. The SMILES string of the molecule is CC(C)c1nc2sc3c(n2c1C=O)CCCC3. The molecule has 0 amide bonds. The Morgan fingerprint density at radius 1 is 1.35 bits per heavy atom. The van der Waals surface area contributed by atoms with E-state index in [1.165, 1.54) is 23.4 Å². The van der Waals surface area contributed by atoms with Gasteiger partial charge in [-0.2, -0.15) is 0 Å². The molecule has 2 aromatic heterocycles. The number of aldehydes is 1. The summed E-state index contributed by atoms with van der Waals surface area (Å²) >= 11 is 1.76. The van der Waals surface area contributed by atoms with Gasteiger partial charge in [-0.25, -0.2) is 4.98 Å². The Balaban J connectivity index is 2.30. The number of thiazole rings is 1. The topological polar surface area (TPSA) is 34.4 Å². The van der Waals surface area contributed by atoms with E-state index in [-0.39, 0.29) is 0 Å². The van der Waals surface area contributed by atoms with Gasteiger partial charge in [0.25, 0.3) is 0 Å². The Labute approximate surface area is 104 Å². The summed E-state index contributed by atoms with van der Waals surface area (Å²) in [5.41, 5.74) is 3.05. The summed E-state index contributed by atoms with van der Waals surface area (Å²) in [6.07, 6.45) is 5.70. The van der Waals surface area contributed by atoms with Crippen LogP contribution in [-0.2, 0) is 12.8 Å². The van der Waals surface area contributed by atoms with Crippen LogP contribution in [-0.4, -0.2) is 15.7 Å². The predicted octanol–water partition coefficient (Wildman–Crippen LogP) is 3.21. The fraction of sp³-hybridized carbons (Fsp3) is 0.538. The Morgan fingerprint density at radius 3 is 2.82 bits per heavy atom. The van der Waals surface area contributed by atoms with Crippen molar-refractivity contribution in [3.05, 3.63) is 22.0 Å². The van der Waals surface area contributed by atoms with Crippen molar-refractivity contribution in [3.63, 3.8) is 0 Å². The zero-order valence-corrected chi connectivity index (χ0v) is 11.0. The van der Waals surface area contributed by atoms with Crippen molar-refractivity contribution in [1.82, 2.24) is 9.38 Å². The van der Waals surface area contributed by atoms with Crippen LogP contribution in [0.3, 0.4) is 0 Å². The molecule has 2 heterocycles. The summed E-state index contributed by atoms with van der Waals surface area (Å²) in [6.45, 7) is 4.18. The molecule has 0 atom stereocenters. The fourth-order valence-electron chi connectivity index (χ4n) is 2.61. The number of fused-ring (bicyclic) bond motifs is 3. The zero-order chi connectivity index (χ0) is 12.0. The van der Waals surface area contributed by atoms with Crippen LogP contribution >= 0.6 is 11.3 Å². The first kappa shape index (κ1) is 11.0. The lowest BCUT2D eigenvalue weighted by molar-refractivity contribution is 0.111. The number of rotatable bonds is 2. The summed E-state index contributed by atoms with van der Waals surface area (Å²) in [5, 5.41) is 0. The van der Waals surface area contributed by atoms with Crippen molar-refractivity contribution < 1.29 is 4.79 Å². The average molecular weight is 248 g/mol. The van der Waals surface area contributed by atoms with Crippen LogP contribution in [0, 0.1) is 0 Å². The molecular weight excluding hydrogens is 232 g/mol. The van der Waals surface area contributed by atoms with Gasteiger partial charge in [-0.05, 0) is 31.6 Å². The number of carbonyl (C=O) groups is 1. The first-order valence-electron chi connectivity index (χ1n) is 6.20. The number of aryl methyl sites for hydroxylation is 2. The molecular formula is C13H16N2OS. The van der Waals surface area contributed by atoms with Gasteiger partial charge in [-0.3, -0.25) is 9.20 Å². The zero-order valence-electron chi connectivity index (χ0n) is 10.2. The molecule has 0 fully saturated rings. The normalized spacial score (nSPS) is 15.5. The smallest absolute Gasteiger partial charge is 0.194 e. The highest BCUT2D eigenvalue weighted by atomic mass is 32.1. The van der Waals surface area contributed by atoms with Gasteiger partial charge in [0, 0.05) is 10.6 Å². The van der Waals surface area contributed by atoms with Crippen LogP contribution in [0.2, 0.25) is 0 Å². The highest BCUT2D eigenvalue weighted by Crippen LogP contribution is 2.33. The van der Waals surface area contributed by atoms with E-state index >= 15 is 0 Å². The largest absolute Gasteiger partial charge is 0.296 e. The number of hydrogen-bond donors (Lipinski definition) is 0. The number of aromatic nitrogens is 2. The van der Waals surface area contributed by atoms with Crippen LogP contribution in [0.15, 0.2) is 0 Å². The van der Waals surface area contributed by atoms with Crippen LogP contribution in [0.4, 0.5) is 0 Å². The Bertz CT molecular complexity index is 580. The van der Waals surface area contributed by atoms with Crippen molar-refractivity contribution in [2.45, 2.75) is 45.4 Å². The second-order valence-electron chi connectivity index (χ2n) is 4.95. The lowest BCUT2D eigenvalue weighted by Gasteiger charge is -2.11. The molecule has 0 bridgehead atoms. The second kappa shape index (κ2) is 3.95. The van der Waals surface area contributed by atoms with E-state index in [9.17, 15) is 4.79 Å². The van der Waals surface area contributed by atoms with Crippen molar-refractivity contribution in [2.24, 2.45) is 0 Å². The summed E-state index contributed by atoms with van der Waals surface area (Å²) in [5.74, 6) is 0.307. The summed E-state index contributed by atoms with van der Waals surface area (Å²) in [6, 6.07) is 0. The fourth-order valence-corrected chi connectivity index (χ4v) is 3.84. The molecule has 4 heteroatoms. The predicted molar refractivity (Wildman–Crippen MR) is 69.2 cm³/mol. The molecule has 3 rings (SSSR count). The molecule has 0 saturated heterocycles. The molecule has 0 N–H and O–H groups in total. The maximum Gasteiger partial charge on any atom is 0.194 e. The molecule has 0 spiro atoms. The van der Waals surface area contributed by atoms with Gasteiger partial charge >= 0.3 is 0 Å². The van der Waals surface area contributed by atoms with Gasteiger partial charge < -0.3 is 0 Å². The summed E-state index contributed by atoms with van der Waals surface area (Å²) in [4.78, 5) is 18.4. The Morgan fingerprint density at radius 2 is 2.12 bits per heavy atom. The van der Waals surface area contributed by atoms with Gasteiger partial charge in [0.15, 0.2) is 11.2 Å². The van der Waals surface area contributed by atoms with Crippen LogP contribution < -0.4 is 0 Å². The third-order valence-electron chi connectivity index (χ3n) is 3.44. The van der Waals surface area contributed by atoms with Crippen molar-refractivity contribution in [2.75, 3.05) is 0 Å². The summed E-state index contributed by atoms with van der Waals surface area (Å²) in [7, 11) is 0. The van der Waals surface area contributed by atoms with Gasteiger partial charge in [-0.15, -0.1) is 11.3 Å². The number of hydrogen-bond acceptors (Lipinski definition) is 3. The van der Waals surface area contributed by atoms with E-state index in [2.05, 4.69) is 23.2 Å². The minimum Gasteiger partial charge on any atom is -0.296 e. The third-order valence-corrected chi connectivity index (χ3v) is 4.59. The van der Waals surface area contributed by atoms with Crippen molar-refractivity contribution >= 4 is 22.6 Å². The van der Waals surface area contributed by atoms with Gasteiger partial charge in [-0.1, -0.05) is 13.8 Å². The number of nitrogens with zero attached hydrogens (tertiary/aromatic N) is 2. The average Bonchev–Trinajstić information content (AvgIpc) is 2.83. The van der Waals surface area contributed by atoms with E-state index in [0.29, 0.717) is 5.92 Å². The molecule has 0 saturated carbocycles. The molecule has 90 valence electrons. The monoisotopic (exact) mass is 248 g/mol. The van der Waals surface area contributed by atoms with E-state index in [0.717, 1.165) is 35.5 Å². The molecule has 1 aliphatic carbocycles. The summed E-state index contributed by atoms with van der Waals surface area (Å²) < 4.78 is 2.10. The molecule has 17 heavy (non-hydrogen) atoms. The van der Waals surface area contributed by atoms with E-state index in [4.69, 9.17) is 0 Å². The Hall–Kier alpha value is -1.16. The second-order valence-corrected chi connectivity index (χ2v) is 6.01. The van der Waals surface area contributed by atoms with Crippen LogP contribution in [0.1, 0.15) is 59.4 Å². The van der Waals surface area contributed by atoms with Crippen LogP contribution in [0.5, 0.6) is 0 Å². The van der Waals surface area contributed by atoms with Gasteiger partial charge in [0.1, 0.15) is 5.69 Å². The van der Waals surface area contributed by atoms with Crippen LogP contribution in [0.25, 0.3) is 4.96 Å². The molecule has 0 aromatic carbocycles.